The van der Waals surface area contributed by atoms with Gasteiger partial charge in [-0.1, -0.05) is 18.9 Å². The van der Waals surface area contributed by atoms with Gasteiger partial charge in [0, 0.05) is 39.7 Å². The Labute approximate surface area is 229 Å². The molecule has 0 radical (unpaired) electrons. The predicted molar refractivity (Wildman–Crippen MR) is 142 cm³/mol. The number of nitrogens with one attached hydrogen (secondary N) is 2. The molecule has 0 saturated heterocycles. The van der Waals surface area contributed by atoms with Gasteiger partial charge in [-0.25, -0.2) is 0 Å². The number of carbonyl (C=O) groups excluding carboxylic acids is 4. The third kappa shape index (κ3) is 9.12. The molecule has 1 unspecified atom stereocenters. The molecule has 2 bridgehead atoms. The van der Waals surface area contributed by atoms with E-state index < -0.39 is 5.41 Å². The maximum Gasteiger partial charge on any atom is 0.314 e. The van der Waals surface area contributed by atoms with Gasteiger partial charge in [0.25, 0.3) is 5.91 Å². The molecule has 1 fully saturated rings. The van der Waals surface area contributed by atoms with E-state index in [0.29, 0.717) is 43.2 Å². The number of hydrogen-bond donors (Lipinski definition) is 2. The monoisotopic (exact) mass is 547 g/mol. The Bertz CT molecular complexity index is 1010. The highest BCUT2D eigenvalue weighted by molar-refractivity contribution is 5.81. The van der Waals surface area contributed by atoms with Crippen molar-refractivity contribution in [3.05, 3.63) is 23.8 Å². The number of ether oxygens (including phenoxy) is 4. The van der Waals surface area contributed by atoms with Gasteiger partial charge in [0.2, 0.25) is 11.8 Å². The van der Waals surface area contributed by atoms with Gasteiger partial charge in [-0.05, 0) is 49.8 Å². The third-order valence-electron chi connectivity index (χ3n) is 6.99. The Morgan fingerprint density at radius 2 is 1.92 bits per heavy atom. The maximum atomic E-state index is 13.4. The van der Waals surface area contributed by atoms with Crippen LogP contribution in [0.3, 0.4) is 0 Å². The normalized spacial score (nSPS) is 21.5. The quantitative estimate of drug-likeness (QED) is 0.491. The van der Waals surface area contributed by atoms with Crippen molar-refractivity contribution in [2.45, 2.75) is 45.4 Å². The van der Waals surface area contributed by atoms with Crippen molar-refractivity contribution in [3.8, 4) is 11.5 Å². The summed E-state index contributed by atoms with van der Waals surface area (Å²) in [6, 6.07) is 5.37. The first-order chi connectivity index (χ1) is 18.8. The summed E-state index contributed by atoms with van der Waals surface area (Å²) in [5, 5.41) is 5.73. The Balaban J connectivity index is 1.90. The van der Waals surface area contributed by atoms with E-state index in [4.69, 9.17) is 18.9 Å². The standard InChI is InChI=1S/C28H41N3O8/c1-4-38-27(35)28(15-20-7-8-20)16-21-9-10-22(37-3)23(14-21)39-17-25(33)29-11-13-31(26(34)18-36-2)12-5-6-24(32)30-19-28/h9-10,14,20H,4-8,11-13,15-19H2,1-3H3,(H,29,33)(H,30,32). The molecule has 2 aliphatic rings. The summed E-state index contributed by atoms with van der Waals surface area (Å²) in [7, 11) is 2.95. The Morgan fingerprint density at radius 1 is 1.13 bits per heavy atom. The molecule has 1 heterocycles. The number of carbonyl (C=O) groups is 4. The van der Waals surface area contributed by atoms with E-state index >= 15 is 0 Å². The topological polar surface area (TPSA) is 133 Å². The largest absolute Gasteiger partial charge is 0.493 e. The van der Waals surface area contributed by atoms with Crippen LogP contribution in [0.1, 0.15) is 44.6 Å². The molecule has 1 aliphatic heterocycles. The molecule has 39 heavy (non-hydrogen) atoms. The highest BCUT2D eigenvalue weighted by Crippen LogP contribution is 2.43. The van der Waals surface area contributed by atoms with Crippen molar-refractivity contribution in [3.63, 3.8) is 0 Å². The fourth-order valence-electron chi connectivity index (χ4n) is 4.82. The van der Waals surface area contributed by atoms with Crippen molar-refractivity contribution in [1.29, 1.82) is 0 Å². The second-order valence-corrected chi connectivity index (χ2v) is 10.1. The van der Waals surface area contributed by atoms with Crippen molar-refractivity contribution >= 4 is 23.7 Å². The number of methoxy groups -OCH3 is 2. The first kappa shape index (κ1) is 30.2. The zero-order valence-corrected chi connectivity index (χ0v) is 23.2. The molecule has 1 aliphatic carbocycles. The van der Waals surface area contributed by atoms with Crippen molar-refractivity contribution < 1.29 is 38.1 Å². The molecule has 2 N–H and O–H groups in total. The Hall–Kier alpha value is -3.34. The van der Waals surface area contributed by atoms with Gasteiger partial charge in [0.15, 0.2) is 18.1 Å². The van der Waals surface area contributed by atoms with E-state index in [0.717, 1.165) is 18.4 Å². The van der Waals surface area contributed by atoms with Gasteiger partial charge in [0.05, 0.1) is 19.1 Å². The molecule has 216 valence electrons. The van der Waals surface area contributed by atoms with Gasteiger partial charge in [0.1, 0.15) is 6.61 Å². The van der Waals surface area contributed by atoms with Crippen LogP contribution in [0.15, 0.2) is 18.2 Å². The molecule has 11 nitrogen and oxygen atoms in total. The molecular weight excluding hydrogens is 506 g/mol. The molecular formula is C28H41N3O8. The summed E-state index contributed by atoms with van der Waals surface area (Å²) in [5.74, 6) is 0.0855. The lowest BCUT2D eigenvalue weighted by atomic mass is 9.76. The van der Waals surface area contributed by atoms with Crippen molar-refractivity contribution in [2.75, 3.05) is 60.2 Å². The fraction of sp³-hybridized carbons (Fsp3) is 0.643. The Kier molecular flexibility index (Phi) is 11.4. The molecule has 1 atom stereocenters. The Morgan fingerprint density at radius 3 is 2.62 bits per heavy atom. The highest BCUT2D eigenvalue weighted by Gasteiger charge is 2.44. The van der Waals surface area contributed by atoms with Crippen LogP contribution in [0, 0.1) is 11.3 Å². The molecule has 11 heteroatoms. The number of amides is 3. The molecule has 1 aromatic carbocycles. The lowest BCUT2D eigenvalue weighted by Crippen LogP contribution is -2.46. The van der Waals surface area contributed by atoms with Crippen LogP contribution in [-0.4, -0.2) is 88.8 Å². The number of esters is 1. The van der Waals surface area contributed by atoms with Crippen LogP contribution < -0.4 is 20.1 Å². The molecule has 3 amide bonds. The number of hydrogen-bond acceptors (Lipinski definition) is 8. The number of benzene rings is 1. The zero-order chi connectivity index (χ0) is 28.3. The third-order valence-corrected chi connectivity index (χ3v) is 6.99. The van der Waals surface area contributed by atoms with Crippen LogP contribution >= 0.6 is 0 Å². The predicted octanol–water partition coefficient (Wildman–Crippen LogP) is 1.47. The van der Waals surface area contributed by atoms with Gasteiger partial charge in [-0.2, -0.15) is 0 Å². The van der Waals surface area contributed by atoms with E-state index in [1.54, 1.807) is 24.0 Å². The first-order valence-corrected chi connectivity index (χ1v) is 13.6. The zero-order valence-electron chi connectivity index (χ0n) is 23.2. The summed E-state index contributed by atoms with van der Waals surface area (Å²) in [6.07, 6.45) is 3.60. The van der Waals surface area contributed by atoms with Crippen LogP contribution in [-0.2, 0) is 35.1 Å². The summed E-state index contributed by atoms with van der Waals surface area (Å²) in [5.41, 5.74) is -0.148. The summed E-state index contributed by atoms with van der Waals surface area (Å²) >= 11 is 0. The van der Waals surface area contributed by atoms with Gasteiger partial charge < -0.3 is 34.5 Å². The number of fused-ring (bicyclic) bond motifs is 2. The van der Waals surface area contributed by atoms with Crippen LogP contribution in [0.5, 0.6) is 11.5 Å². The SMILES string of the molecule is CCOC(=O)C1(CC2CC2)CNC(=O)CCCN(C(=O)COC)CCNC(=O)COc2cc(ccc2OC)C1. The minimum absolute atomic E-state index is 0.0946. The van der Waals surface area contributed by atoms with E-state index in [1.165, 1.54) is 14.2 Å². The van der Waals surface area contributed by atoms with Crippen LogP contribution in [0.4, 0.5) is 0 Å². The second-order valence-electron chi connectivity index (χ2n) is 10.1. The van der Waals surface area contributed by atoms with E-state index in [9.17, 15) is 19.2 Å². The fourth-order valence-corrected chi connectivity index (χ4v) is 4.82. The van der Waals surface area contributed by atoms with Crippen molar-refractivity contribution in [1.82, 2.24) is 15.5 Å². The summed E-state index contributed by atoms with van der Waals surface area (Å²) in [6.45, 7) is 2.62. The van der Waals surface area contributed by atoms with Crippen LogP contribution in [0.2, 0.25) is 0 Å². The first-order valence-electron chi connectivity index (χ1n) is 13.6. The second kappa shape index (κ2) is 14.7. The average molecular weight is 548 g/mol. The lowest BCUT2D eigenvalue weighted by Gasteiger charge is -2.32. The van der Waals surface area contributed by atoms with Gasteiger partial charge in [-0.3, -0.25) is 19.2 Å². The van der Waals surface area contributed by atoms with Crippen molar-refractivity contribution in [2.24, 2.45) is 11.3 Å². The minimum Gasteiger partial charge on any atom is -0.493 e. The average Bonchev–Trinajstić information content (AvgIpc) is 3.73. The summed E-state index contributed by atoms with van der Waals surface area (Å²) < 4.78 is 21.7. The minimum atomic E-state index is -0.956. The molecule has 3 rings (SSSR count). The summed E-state index contributed by atoms with van der Waals surface area (Å²) in [4.78, 5) is 52.8. The van der Waals surface area contributed by atoms with E-state index in [2.05, 4.69) is 10.6 Å². The number of rotatable bonds is 7. The maximum absolute atomic E-state index is 13.4. The van der Waals surface area contributed by atoms with Gasteiger partial charge >= 0.3 is 5.97 Å². The van der Waals surface area contributed by atoms with Crippen LogP contribution in [0.25, 0.3) is 0 Å². The van der Waals surface area contributed by atoms with E-state index in [-0.39, 0.29) is 69.6 Å². The molecule has 1 aromatic rings. The molecule has 1 saturated carbocycles. The lowest BCUT2D eigenvalue weighted by molar-refractivity contribution is -0.156. The van der Waals surface area contributed by atoms with E-state index in [1.807, 2.05) is 6.07 Å². The molecule has 0 aromatic heterocycles. The van der Waals surface area contributed by atoms with Gasteiger partial charge in [-0.15, -0.1) is 0 Å². The molecule has 0 spiro atoms. The smallest absolute Gasteiger partial charge is 0.314 e. The number of nitrogens with zero attached hydrogens (tertiary/aromatic N) is 1. The highest BCUT2D eigenvalue weighted by atomic mass is 16.5.